The molecule has 0 atom stereocenters. The first kappa shape index (κ1) is 13.6. The van der Waals surface area contributed by atoms with Gasteiger partial charge in [0.05, 0.1) is 11.2 Å². The van der Waals surface area contributed by atoms with E-state index in [-0.39, 0.29) is 12.0 Å². The predicted molar refractivity (Wildman–Crippen MR) is 70.3 cm³/mol. The van der Waals surface area contributed by atoms with E-state index in [1.807, 2.05) is 35.8 Å². The van der Waals surface area contributed by atoms with Crippen molar-refractivity contribution >= 4 is 11.7 Å². The first-order valence-corrected chi connectivity index (χ1v) is 5.86. The van der Waals surface area contributed by atoms with E-state index in [9.17, 15) is 4.39 Å². The second kappa shape index (κ2) is 5.91. The summed E-state index contributed by atoms with van der Waals surface area (Å²) in [5, 5.41) is 4.51. The van der Waals surface area contributed by atoms with Crippen molar-refractivity contribution < 1.29 is 14.0 Å². The van der Waals surface area contributed by atoms with E-state index >= 15 is 0 Å². The van der Waals surface area contributed by atoms with Gasteiger partial charge in [-0.15, -0.1) is 0 Å². The number of carbonyl (C=O) groups excluding carboxylic acids is 2. The van der Waals surface area contributed by atoms with Crippen LogP contribution in [0, 0.1) is 12.7 Å². The lowest BCUT2D eigenvalue weighted by Crippen LogP contribution is -1.85. The molecule has 5 heteroatoms. The van der Waals surface area contributed by atoms with Crippen LogP contribution in [0.3, 0.4) is 0 Å². The topological polar surface area (TPSA) is 51.4 Å². The van der Waals surface area contributed by atoms with Crippen LogP contribution in [0.1, 0.15) is 5.56 Å². The second-order valence-corrected chi connectivity index (χ2v) is 4.09. The fourth-order valence-electron chi connectivity index (χ4n) is 2.00. The third-order valence-electron chi connectivity index (χ3n) is 2.90. The Kier molecular flexibility index (Phi) is 4.03. The van der Waals surface area contributed by atoms with Gasteiger partial charge in [0.2, 0.25) is 0 Å². The number of hydrogen-bond donors (Lipinski definition) is 0. The Morgan fingerprint density at radius 2 is 1.75 bits per heavy atom. The summed E-state index contributed by atoms with van der Waals surface area (Å²) in [6.07, 6.45) is 2.16. The zero-order valence-corrected chi connectivity index (χ0v) is 10.7. The van der Waals surface area contributed by atoms with E-state index in [0.717, 1.165) is 22.3 Å². The summed E-state index contributed by atoms with van der Waals surface area (Å²) >= 11 is 0. The Morgan fingerprint density at radius 3 is 2.35 bits per heavy atom. The molecule has 0 spiro atoms. The predicted octanol–water partition coefficient (Wildman–Crippen LogP) is 2.87. The standard InChI is InChI=1S/C14H11FN2.CO2/c1-10-13-4-2-3-9-17(13)16-14(10)11-5-7-12(15)8-6-11;2-1-3/h2-9H,1H3;. The molecule has 100 valence electrons. The van der Waals surface area contributed by atoms with Crippen LogP contribution in [0.15, 0.2) is 48.7 Å². The molecule has 0 saturated carbocycles. The summed E-state index contributed by atoms with van der Waals surface area (Å²) in [5.41, 5.74) is 4.02. The number of halogens is 1. The molecular formula is C15H11FN2O2. The van der Waals surface area contributed by atoms with E-state index < -0.39 is 0 Å². The van der Waals surface area contributed by atoms with Gasteiger partial charge < -0.3 is 0 Å². The van der Waals surface area contributed by atoms with Crippen LogP contribution in [0.25, 0.3) is 16.8 Å². The quantitative estimate of drug-likeness (QED) is 0.683. The molecule has 0 fully saturated rings. The minimum Gasteiger partial charge on any atom is -0.240 e. The molecular weight excluding hydrogens is 259 g/mol. The zero-order chi connectivity index (χ0) is 14.5. The van der Waals surface area contributed by atoms with Crippen LogP contribution < -0.4 is 0 Å². The number of rotatable bonds is 1. The van der Waals surface area contributed by atoms with Gasteiger partial charge >= 0.3 is 6.15 Å². The highest BCUT2D eigenvalue weighted by Gasteiger charge is 2.09. The highest BCUT2D eigenvalue weighted by Crippen LogP contribution is 2.25. The molecule has 0 aliphatic rings. The van der Waals surface area contributed by atoms with Crippen molar-refractivity contribution in [3.05, 3.63) is 60.0 Å². The van der Waals surface area contributed by atoms with Crippen LogP contribution >= 0.6 is 0 Å². The molecule has 0 aliphatic heterocycles. The maximum absolute atomic E-state index is 12.9. The lowest BCUT2D eigenvalue weighted by molar-refractivity contribution is -0.191. The van der Waals surface area contributed by atoms with E-state index in [1.54, 1.807) is 12.1 Å². The summed E-state index contributed by atoms with van der Waals surface area (Å²) in [4.78, 5) is 16.2. The second-order valence-electron chi connectivity index (χ2n) is 4.09. The Balaban J connectivity index is 0.000000452. The Morgan fingerprint density at radius 1 is 1.10 bits per heavy atom. The van der Waals surface area contributed by atoms with Crippen molar-refractivity contribution in [3.8, 4) is 11.3 Å². The van der Waals surface area contributed by atoms with Gasteiger partial charge in [0.25, 0.3) is 0 Å². The molecule has 0 bridgehead atoms. The third kappa shape index (κ3) is 2.63. The zero-order valence-electron chi connectivity index (χ0n) is 10.7. The van der Waals surface area contributed by atoms with Gasteiger partial charge in [-0.2, -0.15) is 14.7 Å². The molecule has 0 saturated heterocycles. The van der Waals surface area contributed by atoms with Gasteiger partial charge in [0.15, 0.2) is 0 Å². The highest BCUT2D eigenvalue weighted by atomic mass is 19.1. The third-order valence-corrected chi connectivity index (χ3v) is 2.90. The lowest BCUT2D eigenvalue weighted by atomic mass is 10.1. The van der Waals surface area contributed by atoms with Crippen LogP contribution in [0.2, 0.25) is 0 Å². The number of pyridine rings is 1. The van der Waals surface area contributed by atoms with Crippen LogP contribution in [0.4, 0.5) is 4.39 Å². The molecule has 3 aromatic rings. The van der Waals surface area contributed by atoms with Crippen LogP contribution in [-0.4, -0.2) is 15.8 Å². The number of aryl methyl sites for hydroxylation is 1. The monoisotopic (exact) mass is 270 g/mol. The van der Waals surface area contributed by atoms with Crippen LogP contribution in [0.5, 0.6) is 0 Å². The molecule has 0 N–H and O–H groups in total. The summed E-state index contributed by atoms with van der Waals surface area (Å²) in [5.74, 6) is -0.227. The molecule has 4 nitrogen and oxygen atoms in total. The number of aromatic nitrogens is 2. The van der Waals surface area contributed by atoms with E-state index in [0.29, 0.717) is 0 Å². The number of nitrogens with zero attached hydrogens (tertiary/aromatic N) is 2. The average Bonchev–Trinajstić information content (AvgIpc) is 2.79. The summed E-state index contributed by atoms with van der Waals surface area (Å²) in [7, 11) is 0. The van der Waals surface area contributed by atoms with Gasteiger partial charge in [-0.05, 0) is 43.3 Å². The summed E-state index contributed by atoms with van der Waals surface area (Å²) in [6.45, 7) is 2.03. The molecule has 1 aromatic carbocycles. The highest BCUT2D eigenvalue weighted by molar-refractivity contribution is 5.72. The summed E-state index contributed by atoms with van der Waals surface area (Å²) in [6, 6.07) is 12.4. The number of hydrogen-bond acceptors (Lipinski definition) is 3. The van der Waals surface area contributed by atoms with E-state index in [1.165, 1.54) is 12.1 Å². The average molecular weight is 270 g/mol. The normalized spacial score (nSPS) is 9.70. The van der Waals surface area contributed by atoms with E-state index in [2.05, 4.69) is 5.10 Å². The molecule has 2 aromatic heterocycles. The first-order chi connectivity index (χ1) is 9.67. The molecule has 0 amide bonds. The number of fused-ring (bicyclic) bond motifs is 1. The van der Waals surface area contributed by atoms with Gasteiger partial charge in [-0.25, -0.2) is 8.91 Å². The van der Waals surface area contributed by atoms with Crippen molar-refractivity contribution in [1.29, 1.82) is 0 Å². The lowest BCUT2D eigenvalue weighted by Gasteiger charge is -1.97. The van der Waals surface area contributed by atoms with Crippen molar-refractivity contribution in [2.24, 2.45) is 0 Å². The Bertz CT molecular complexity index is 757. The van der Waals surface area contributed by atoms with Crippen molar-refractivity contribution in [3.63, 3.8) is 0 Å². The fourth-order valence-corrected chi connectivity index (χ4v) is 2.00. The fraction of sp³-hybridized carbons (Fsp3) is 0.0667. The minimum atomic E-state index is -0.227. The molecule has 0 unspecified atom stereocenters. The maximum atomic E-state index is 12.9. The van der Waals surface area contributed by atoms with Crippen LogP contribution in [-0.2, 0) is 9.59 Å². The first-order valence-electron chi connectivity index (χ1n) is 5.86. The van der Waals surface area contributed by atoms with E-state index in [4.69, 9.17) is 9.59 Å². The van der Waals surface area contributed by atoms with Gasteiger partial charge in [0.1, 0.15) is 5.82 Å². The Labute approximate surface area is 114 Å². The summed E-state index contributed by atoms with van der Waals surface area (Å²) < 4.78 is 14.7. The van der Waals surface area contributed by atoms with Crippen molar-refractivity contribution in [2.75, 3.05) is 0 Å². The maximum Gasteiger partial charge on any atom is 0.373 e. The minimum absolute atomic E-state index is 0.227. The van der Waals surface area contributed by atoms with Crippen molar-refractivity contribution in [2.45, 2.75) is 6.92 Å². The van der Waals surface area contributed by atoms with Gasteiger partial charge in [0, 0.05) is 17.3 Å². The van der Waals surface area contributed by atoms with Crippen molar-refractivity contribution in [1.82, 2.24) is 9.61 Å². The Hall–Kier alpha value is -2.78. The van der Waals surface area contributed by atoms with Gasteiger partial charge in [-0.1, -0.05) is 6.07 Å². The molecule has 2 heterocycles. The molecule has 20 heavy (non-hydrogen) atoms. The SMILES string of the molecule is Cc1c(-c2ccc(F)cc2)nn2ccccc12.O=C=O. The number of benzene rings is 1. The molecule has 0 radical (unpaired) electrons. The van der Waals surface area contributed by atoms with Gasteiger partial charge in [-0.3, -0.25) is 0 Å². The smallest absolute Gasteiger partial charge is 0.240 e. The molecule has 0 aliphatic carbocycles. The molecule has 3 rings (SSSR count). The largest absolute Gasteiger partial charge is 0.373 e.